The number of amides is 1. The fourth-order valence-corrected chi connectivity index (χ4v) is 2.67. The van der Waals surface area contributed by atoms with Crippen molar-refractivity contribution < 1.29 is 4.79 Å². The molecule has 102 valence electrons. The fraction of sp³-hybridized carbons (Fsp3) is 0.294. The predicted molar refractivity (Wildman–Crippen MR) is 80.0 cm³/mol. The Hall–Kier alpha value is -2.16. The predicted octanol–water partition coefficient (Wildman–Crippen LogP) is 3.52. The largest absolute Gasteiger partial charge is 0.306 e. The maximum Gasteiger partial charge on any atom is 0.256 e. The summed E-state index contributed by atoms with van der Waals surface area (Å²) in [5, 5.41) is 2.88. The lowest BCUT2D eigenvalue weighted by Crippen LogP contribution is -2.15. The molecule has 1 aliphatic rings. The summed E-state index contributed by atoms with van der Waals surface area (Å²) in [6.07, 6.45) is 6.38. The van der Waals surface area contributed by atoms with Gasteiger partial charge >= 0.3 is 0 Å². The summed E-state index contributed by atoms with van der Waals surface area (Å²) in [5.74, 6) is 0.551. The molecule has 0 unspecified atom stereocenters. The lowest BCUT2D eigenvalue weighted by atomic mass is 9.90. The third-order valence-corrected chi connectivity index (χ3v) is 3.85. The first-order chi connectivity index (χ1) is 9.74. The van der Waals surface area contributed by atoms with E-state index in [4.69, 9.17) is 0 Å². The first kappa shape index (κ1) is 12.9. The van der Waals surface area contributed by atoms with Gasteiger partial charge in [0.05, 0.1) is 0 Å². The minimum Gasteiger partial charge on any atom is -0.306 e. The molecule has 0 bridgehead atoms. The molecule has 0 saturated carbocycles. The van der Waals surface area contributed by atoms with Crippen molar-refractivity contribution in [2.45, 2.75) is 32.6 Å². The lowest BCUT2D eigenvalue weighted by Gasteiger charge is -2.16. The Labute approximate surface area is 119 Å². The monoisotopic (exact) mass is 266 g/mol. The smallest absolute Gasteiger partial charge is 0.256 e. The summed E-state index contributed by atoms with van der Waals surface area (Å²) in [6.45, 7) is 1.94. The first-order valence-corrected chi connectivity index (χ1v) is 7.09. The zero-order chi connectivity index (χ0) is 13.9. The zero-order valence-corrected chi connectivity index (χ0v) is 11.6. The summed E-state index contributed by atoms with van der Waals surface area (Å²) >= 11 is 0. The molecule has 1 aromatic carbocycles. The van der Waals surface area contributed by atoms with Gasteiger partial charge in [-0.3, -0.25) is 4.79 Å². The molecule has 0 atom stereocenters. The van der Waals surface area contributed by atoms with Gasteiger partial charge in [0, 0.05) is 11.8 Å². The number of aryl methyl sites for hydroxylation is 3. The van der Waals surface area contributed by atoms with Gasteiger partial charge in [-0.25, -0.2) is 4.98 Å². The molecule has 0 aliphatic heterocycles. The molecule has 1 amide bonds. The minimum atomic E-state index is -0.0832. The average Bonchev–Trinajstić information content (AvgIpc) is 2.49. The quantitative estimate of drug-likeness (QED) is 0.903. The van der Waals surface area contributed by atoms with Crippen LogP contribution in [-0.2, 0) is 12.8 Å². The van der Waals surface area contributed by atoms with Crippen LogP contribution in [0.15, 0.2) is 36.5 Å². The van der Waals surface area contributed by atoms with Gasteiger partial charge in [0.25, 0.3) is 5.91 Å². The van der Waals surface area contributed by atoms with E-state index in [2.05, 4.69) is 16.4 Å². The maximum atomic E-state index is 12.3. The molecule has 1 aliphatic carbocycles. The van der Waals surface area contributed by atoms with Crippen molar-refractivity contribution in [3.63, 3.8) is 0 Å². The Morgan fingerprint density at radius 3 is 2.75 bits per heavy atom. The van der Waals surface area contributed by atoms with E-state index in [1.54, 1.807) is 6.20 Å². The molecule has 3 heteroatoms. The highest BCUT2D eigenvalue weighted by atomic mass is 16.1. The van der Waals surface area contributed by atoms with Crippen LogP contribution in [0, 0.1) is 6.92 Å². The van der Waals surface area contributed by atoms with Crippen LogP contribution in [0.25, 0.3) is 0 Å². The average molecular weight is 266 g/mol. The normalized spacial score (nSPS) is 13.7. The highest BCUT2D eigenvalue weighted by Crippen LogP contribution is 2.22. The Morgan fingerprint density at radius 1 is 1.15 bits per heavy atom. The molecule has 1 heterocycles. The molecular formula is C17H18N2O. The van der Waals surface area contributed by atoms with Crippen molar-refractivity contribution in [3.05, 3.63) is 58.8 Å². The van der Waals surface area contributed by atoms with Gasteiger partial charge in [-0.05, 0) is 67.5 Å². The van der Waals surface area contributed by atoms with Crippen molar-refractivity contribution in [2.24, 2.45) is 0 Å². The Bertz CT molecular complexity index is 649. The fourth-order valence-electron chi connectivity index (χ4n) is 2.67. The molecule has 20 heavy (non-hydrogen) atoms. The molecule has 3 nitrogen and oxygen atoms in total. The molecule has 0 saturated heterocycles. The molecule has 0 fully saturated rings. The van der Waals surface area contributed by atoms with Gasteiger partial charge in [-0.2, -0.15) is 0 Å². The summed E-state index contributed by atoms with van der Waals surface area (Å²) in [7, 11) is 0. The highest BCUT2D eigenvalue weighted by molar-refractivity contribution is 6.04. The number of fused-ring (bicyclic) bond motifs is 1. The molecule has 3 rings (SSSR count). The van der Waals surface area contributed by atoms with E-state index in [1.807, 2.05) is 31.2 Å². The minimum absolute atomic E-state index is 0.0832. The van der Waals surface area contributed by atoms with E-state index < -0.39 is 0 Å². The van der Waals surface area contributed by atoms with Gasteiger partial charge in [0.15, 0.2) is 0 Å². The van der Waals surface area contributed by atoms with Crippen molar-refractivity contribution in [1.29, 1.82) is 0 Å². The summed E-state index contributed by atoms with van der Waals surface area (Å²) in [4.78, 5) is 16.5. The summed E-state index contributed by atoms with van der Waals surface area (Å²) in [6, 6.07) is 9.84. The van der Waals surface area contributed by atoms with Crippen LogP contribution in [0.5, 0.6) is 0 Å². The van der Waals surface area contributed by atoms with Crippen LogP contribution in [-0.4, -0.2) is 10.9 Å². The van der Waals surface area contributed by atoms with Gasteiger partial charge in [-0.1, -0.05) is 12.1 Å². The van der Waals surface area contributed by atoms with Gasteiger partial charge in [-0.15, -0.1) is 0 Å². The van der Waals surface area contributed by atoms with Gasteiger partial charge in [0.2, 0.25) is 0 Å². The molecular weight excluding hydrogens is 248 g/mol. The van der Waals surface area contributed by atoms with E-state index in [0.717, 1.165) is 24.0 Å². The van der Waals surface area contributed by atoms with Crippen molar-refractivity contribution in [2.75, 3.05) is 5.32 Å². The second-order valence-corrected chi connectivity index (χ2v) is 5.31. The Morgan fingerprint density at radius 2 is 1.95 bits per heavy atom. The van der Waals surface area contributed by atoms with Crippen LogP contribution in [0.3, 0.4) is 0 Å². The number of hydrogen-bond acceptors (Lipinski definition) is 2. The number of nitrogens with one attached hydrogen (secondary N) is 1. The standard InChI is InChI=1S/C17H18N2O/c1-12-5-4-10-18-16(12)19-17(20)15-9-8-13-6-2-3-7-14(13)11-15/h4-5,8-11H,2-3,6-7H2,1H3,(H,18,19,20). The molecule has 1 aromatic heterocycles. The number of benzene rings is 1. The number of nitrogens with zero attached hydrogens (tertiary/aromatic N) is 1. The SMILES string of the molecule is Cc1cccnc1NC(=O)c1ccc2c(c1)CCCC2. The Kier molecular flexibility index (Phi) is 3.50. The van der Waals surface area contributed by atoms with Crippen LogP contribution in [0.2, 0.25) is 0 Å². The van der Waals surface area contributed by atoms with E-state index in [9.17, 15) is 4.79 Å². The first-order valence-electron chi connectivity index (χ1n) is 7.09. The highest BCUT2D eigenvalue weighted by Gasteiger charge is 2.13. The number of hydrogen-bond donors (Lipinski definition) is 1. The van der Waals surface area contributed by atoms with Gasteiger partial charge in [0.1, 0.15) is 5.82 Å². The van der Waals surface area contributed by atoms with E-state index >= 15 is 0 Å². The second kappa shape index (κ2) is 5.45. The summed E-state index contributed by atoms with van der Waals surface area (Å²) < 4.78 is 0. The van der Waals surface area contributed by atoms with Crippen LogP contribution in [0.4, 0.5) is 5.82 Å². The number of carbonyl (C=O) groups excluding carboxylic acids is 1. The lowest BCUT2D eigenvalue weighted by molar-refractivity contribution is 0.102. The van der Waals surface area contributed by atoms with Crippen LogP contribution >= 0.6 is 0 Å². The van der Waals surface area contributed by atoms with Crippen LogP contribution < -0.4 is 5.32 Å². The summed E-state index contributed by atoms with van der Waals surface area (Å²) in [5.41, 5.74) is 4.40. The number of aromatic nitrogens is 1. The molecule has 1 N–H and O–H groups in total. The van der Waals surface area contributed by atoms with Crippen molar-refractivity contribution in [1.82, 2.24) is 4.98 Å². The Balaban J connectivity index is 1.82. The third kappa shape index (κ3) is 2.57. The maximum absolute atomic E-state index is 12.3. The van der Waals surface area contributed by atoms with E-state index in [-0.39, 0.29) is 5.91 Å². The number of carbonyl (C=O) groups is 1. The van der Waals surface area contributed by atoms with Gasteiger partial charge < -0.3 is 5.32 Å². The topological polar surface area (TPSA) is 42.0 Å². The molecule has 0 spiro atoms. The zero-order valence-electron chi connectivity index (χ0n) is 11.6. The second-order valence-electron chi connectivity index (χ2n) is 5.31. The van der Waals surface area contributed by atoms with E-state index in [1.165, 1.54) is 24.0 Å². The molecule has 0 radical (unpaired) electrons. The van der Waals surface area contributed by atoms with Crippen molar-refractivity contribution in [3.8, 4) is 0 Å². The number of anilines is 1. The number of rotatable bonds is 2. The van der Waals surface area contributed by atoms with Crippen LogP contribution in [0.1, 0.15) is 39.9 Å². The van der Waals surface area contributed by atoms with E-state index in [0.29, 0.717) is 5.82 Å². The van der Waals surface area contributed by atoms with Crippen molar-refractivity contribution >= 4 is 11.7 Å². The molecule has 2 aromatic rings. The third-order valence-electron chi connectivity index (χ3n) is 3.85. The number of pyridine rings is 1.